The summed E-state index contributed by atoms with van der Waals surface area (Å²) in [5.74, 6) is -0.494. The molecule has 1 heterocycles. The Bertz CT molecular complexity index is 437. The fraction of sp³-hybridized carbons (Fsp3) is 0.417. The van der Waals surface area contributed by atoms with E-state index in [1.54, 1.807) is 12.1 Å². The van der Waals surface area contributed by atoms with Crippen molar-refractivity contribution < 1.29 is 9.90 Å². The summed E-state index contributed by atoms with van der Waals surface area (Å²) in [6.45, 7) is 2.31. The van der Waals surface area contributed by atoms with Gasteiger partial charge in [0.2, 0.25) is 0 Å². The maximum atomic E-state index is 11.2. The van der Waals surface area contributed by atoms with E-state index >= 15 is 0 Å². The Labute approximate surface area is 105 Å². The lowest BCUT2D eigenvalue weighted by molar-refractivity contribution is 0.0697. The summed E-state index contributed by atoms with van der Waals surface area (Å²) in [5, 5.41) is 9.61. The minimum absolute atomic E-state index is 0.259. The maximum Gasteiger partial charge on any atom is 0.337 e. The standard InChI is InChI=1S/C12H15ClN2O2/c13-9-1-2-11(10(5-9)12(16)17)15-4-3-8(6-14)7-15/h1-2,5,8H,3-4,6-7,14H2,(H,16,17). The van der Waals surface area contributed by atoms with Gasteiger partial charge in [0.15, 0.2) is 0 Å². The summed E-state index contributed by atoms with van der Waals surface area (Å²) in [6.07, 6.45) is 1.01. The van der Waals surface area contributed by atoms with Crippen molar-refractivity contribution in [3.05, 3.63) is 28.8 Å². The second-order valence-corrected chi connectivity index (χ2v) is 4.74. The van der Waals surface area contributed by atoms with Crippen LogP contribution in [0.4, 0.5) is 5.69 Å². The van der Waals surface area contributed by atoms with Crippen molar-refractivity contribution >= 4 is 23.3 Å². The van der Waals surface area contributed by atoms with Gasteiger partial charge in [0.1, 0.15) is 0 Å². The van der Waals surface area contributed by atoms with Gasteiger partial charge in [-0.15, -0.1) is 0 Å². The number of carboxylic acid groups (broad SMARTS) is 1. The first kappa shape index (κ1) is 12.2. The monoisotopic (exact) mass is 254 g/mol. The number of carboxylic acids is 1. The summed E-state index contributed by atoms with van der Waals surface area (Å²) in [7, 11) is 0. The molecular weight excluding hydrogens is 240 g/mol. The number of rotatable bonds is 3. The van der Waals surface area contributed by atoms with E-state index < -0.39 is 5.97 Å². The highest BCUT2D eigenvalue weighted by Gasteiger charge is 2.24. The Kier molecular flexibility index (Phi) is 3.54. The molecule has 1 aliphatic rings. The SMILES string of the molecule is NCC1CCN(c2ccc(Cl)cc2C(=O)O)C1. The molecule has 0 amide bonds. The molecule has 5 heteroatoms. The molecule has 0 radical (unpaired) electrons. The number of anilines is 1. The van der Waals surface area contributed by atoms with Crippen molar-refractivity contribution in [1.29, 1.82) is 0 Å². The minimum Gasteiger partial charge on any atom is -0.478 e. The van der Waals surface area contributed by atoms with E-state index in [0.717, 1.165) is 25.2 Å². The van der Waals surface area contributed by atoms with Crippen molar-refractivity contribution in [2.45, 2.75) is 6.42 Å². The Morgan fingerprint density at radius 3 is 2.94 bits per heavy atom. The Morgan fingerprint density at radius 2 is 2.35 bits per heavy atom. The lowest BCUT2D eigenvalue weighted by Gasteiger charge is -2.20. The van der Waals surface area contributed by atoms with E-state index in [1.807, 2.05) is 0 Å². The van der Waals surface area contributed by atoms with Gasteiger partial charge in [-0.25, -0.2) is 4.79 Å². The molecule has 17 heavy (non-hydrogen) atoms. The van der Waals surface area contributed by atoms with E-state index in [9.17, 15) is 4.79 Å². The van der Waals surface area contributed by atoms with Crippen molar-refractivity contribution in [3.8, 4) is 0 Å². The van der Waals surface area contributed by atoms with Gasteiger partial charge in [-0.3, -0.25) is 0 Å². The molecule has 1 aromatic rings. The summed E-state index contributed by atoms with van der Waals surface area (Å²) < 4.78 is 0. The molecule has 0 spiro atoms. The van der Waals surface area contributed by atoms with Crippen LogP contribution in [0.2, 0.25) is 5.02 Å². The van der Waals surface area contributed by atoms with Gasteiger partial charge in [-0.05, 0) is 37.1 Å². The van der Waals surface area contributed by atoms with Crippen LogP contribution in [-0.2, 0) is 0 Å². The average Bonchev–Trinajstić information content (AvgIpc) is 2.77. The first-order valence-electron chi connectivity index (χ1n) is 5.59. The topological polar surface area (TPSA) is 66.6 Å². The fourth-order valence-corrected chi connectivity index (χ4v) is 2.37. The third-order valence-electron chi connectivity index (χ3n) is 3.15. The second kappa shape index (κ2) is 4.94. The molecule has 1 aromatic carbocycles. The van der Waals surface area contributed by atoms with Crippen molar-refractivity contribution in [2.24, 2.45) is 11.7 Å². The molecule has 0 aliphatic carbocycles. The zero-order valence-electron chi connectivity index (χ0n) is 9.40. The molecule has 0 aromatic heterocycles. The number of hydrogen-bond donors (Lipinski definition) is 2. The van der Waals surface area contributed by atoms with Crippen molar-refractivity contribution in [3.63, 3.8) is 0 Å². The predicted octanol–water partition coefficient (Wildman–Crippen LogP) is 1.82. The number of nitrogens with zero attached hydrogens (tertiary/aromatic N) is 1. The molecule has 4 nitrogen and oxygen atoms in total. The van der Waals surface area contributed by atoms with E-state index in [1.165, 1.54) is 6.07 Å². The molecule has 1 atom stereocenters. The Balaban J connectivity index is 2.29. The van der Waals surface area contributed by atoms with Crippen LogP contribution in [0.1, 0.15) is 16.8 Å². The lowest BCUT2D eigenvalue weighted by atomic mass is 10.1. The van der Waals surface area contributed by atoms with Crippen molar-refractivity contribution in [2.75, 3.05) is 24.5 Å². The third kappa shape index (κ3) is 2.53. The molecule has 3 N–H and O–H groups in total. The van der Waals surface area contributed by atoms with E-state index in [4.69, 9.17) is 22.4 Å². The van der Waals surface area contributed by atoms with Crippen LogP contribution in [0.5, 0.6) is 0 Å². The van der Waals surface area contributed by atoms with Crippen LogP contribution in [0.3, 0.4) is 0 Å². The van der Waals surface area contributed by atoms with Crippen LogP contribution in [0.25, 0.3) is 0 Å². The van der Waals surface area contributed by atoms with Crippen LogP contribution >= 0.6 is 11.6 Å². The number of carbonyl (C=O) groups is 1. The van der Waals surface area contributed by atoms with Crippen LogP contribution in [-0.4, -0.2) is 30.7 Å². The number of aromatic carboxylic acids is 1. The van der Waals surface area contributed by atoms with E-state index in [-0.39, 0.29) is 5.56 Å². The maximum absolute atomic E-state index is 11.2. The Hall–Kier alpha value is -1.26. The summed E-state index contributed by atoms with van der Waals surface area (Å²) in [5.41, 5.74) is 6.63. The second-order valence-electron chi connectivity index (χ2n) is 4.30. The summed E-state index contributed by atoms with van der Waals surface area (Å²) in [4.78, 5) is 13.2. The quantitative estimate of drug-likeness (QED) is 0.864. The molecule has 1 fully saturated rings. The fourth-order valence-electron chi connectivity index (χ4n) is 2.20. The van der Waals surface area contributed by atoms with Gasteiger partial charge in [-0.2, -0.15) is 0 Å². The molecular formula is C12H15ClN2O2. The first-order chi connectivity index (χ1) is 8.11. The zero-order valence-corrected chi connectivity index (χ0v) is 10.2. The van der Waals surface area contributed by atoms with Gasteiger partial charge in [0.25, 0.3) is 0 Å². The number of benzene rings is 1. The van der Waals surface area contributed by atoms with Crippen molar-refractivity contribution in [1.82, 2.24) is 0 Å². The lowest BCUT2D eigenvalue weighted by Crippen LogP contribution is -2.24. The van der Waals surface area contributed by atoms with Gasteiger partial charge in [-0.1, -0.05) is 11.6 Å². The Morgan fingerprint density at radius 1 is 1.59 bits per heavy atom. The molecule has 2 rings (SSSR count). The smallest absolute Gasteiger partial charge is 0.337 e. The predicted molar refractivity (Wildman–Crippen MR) is 67.8 cm³/mol. The third-order valence-corrected chi connectivity index (χ3v) is 3.38. The summed E-state index contributed by atoms with van der Waals surface area (Å²) in [6, 6.07) is 4.98. The molecule has 1 unspecified atom stereocenters. The summed E-state index contributed by atoms with van der Waals surface area (Å²) >= 11 is 5.82. The highest BCUT2D eigenvalue weighted by atomic mass is 35.5. The highest BCUT2D eigenvalue weighted by Crippen LogP contribution is 2.28. The highest BCUT2D eigenvalue weighted by molar-refractivity contribution is 6.31. The van der Waals surface area contributed by atoms with Crippen LogP contribution in [0, 0.1) is 5.92 Å². The van der Waals surface area contributed by atoms with E-state index in [0.29, 0.717) is 17.5 Å². The zero-order chi connectivity index (χ0) is 12.4. The largest absolute Gasteiger partial charge is 0.478 e. The number of halogens is 1. The first-order valence-corrected chi connectivity index (χ1v) is 5.97. The number of hydrogen-bond acceptors (Lipinski definition) is 3. The van der Waals surface area contributed by atoms with Crippen LogP contribution in [0.15, 0.2) is 18.2 Å². The normalized spacial score (nSPS) is 19.6. The molecule has 1 aliphatic heterocycles. The molecule has 0 bridgehead atoms. The number of nitrogens with two attached hydrogens (primary N) is 1. The van der Waals surface area contributed by atoms with Gasteiger partial charge in [0, 0.05) is 18.1 Å². The molecule has 1 saturated heterocycles. The molecule has 0 saturated carbocycles. The molecule has 92 valence electrons. The average molecular weight is 255 g/mol. The van der Waals surface area contributed by atoms with Gasteiger partial charge >= 0.3 is 5.97 Å². The van der Waals surface area contributed by atoms with Crippen LogP contribution < -0.4 is 10.6 Å². The van der Waals surface area contributed by atoms with Gasteiger partial charge < -0.3 is 15.7 Å². The minimum atomic E-state index is -0.946. The van der Waals surface area contributed by atoms with E-state index in [2.05, 4.69) is 4.90 Å². The van der Waals surface area contributed by atoms with Gasteiger partial charge in [0.05, 0.1) is 11.3 Å².